The number of hydrogen-bond donors (Lipinski definition) is 0. The summed E-state index contributed by atoms with van der Waals surface area (Å²) in [7, 11) is 0. The Hall–Kier alpha value is -1.08. The van der Waals surface area contributed by atoms with Crippen LogP contribution in [0.5, 0.6) is 0 Å². The summed E-state index contributed by atoms with van der Waals surface area (Å²) in [5.41, 5.74) is 7.55. The Labute approximate surface area is 142 Å². The maximum atomic E-state index is 6.12. The average Bonchev–Trinajstić information content (AvgIpc) is 3.04. The molecule has 0 aromatic rings. The third-order valence-corrected chi connectivity index (χ3v) is 6.13. The quantitative estimate of drug-likeness (QED) is 0.378. The van der Waals surface area contributed by atoms with Gasteiger partial charge in [-0.2, -0.15) is 0 Å². The molecular formula is C22H32O. The van der Waals surface area contributed by atoms with E-state index in [2.05, 4.69) is 46.4 Å². The second-order valence-corrected chi connectivity index (χ2v) is 8.14. The van der Waals surface area contributed by atoms with E-state index >= 15 is 0 Å². The normalized spacial score (nSPS) is 40.4. The van der Waals surface area contributed by atoms with E-state index in [9.17, 15) is 0 Å². The molecular weight excluding hydrogens is 280 g/mol. The Morgan fingerprint density at radius 3 is 2.65 bits per heavy atom. The highest BCUT2D eigenvalue weighted by atomic mass is 16.6. The molecule has 1 aliphatic heterocycles. The molecule has 3 aliphatic rings. The Balaban J connectivity index is 1.83. The van der Waals surface area contributed by atoms with Gasteiger partial charge in [0, 0.05) is 5.92 Å². The van der Waals surface area contributed by atoms with Crippen molar-refractivity contribution in [2.75, 3.05) is 0 Å². The van der Waals surface area contributed by atoms with Gasteiger partial charge in [0.2, 0.25) is 0 Å². The molecule has 0 saturated carbocycles. The lowest BCUT2D eigenvalue weighted by Gasteiger charge is -2.14. The van der Waals surface area contributed by atoms with Crippen LogP contribution in [0.4, 0.5) is 0 Å². The number of epoxide rings is 1. The Bertz CT molecular complexity index is 589. The summed E-state index contributed by atoms with van der Waals surface area (Å²) in [6, 6.07) is 0. The fourth-order valence-electron chi connectivity index (χ4n) is 4.26. The van der Waals surface area contributed by atoms with E-state index in [0.717, 1.165) is 25.7 Å². The van der Waals surface area contributed by atoms with Crippen LogP contribution in [0.2, 0.25) is 0 Å². The van der Waals surface area contributed by atoms with Crippen LogP contribution >= 0.6 is 0 Å². The first-order valence-electron chi connectivity index (χ1n) is 9.27. The van der Waals surface area contributed by atoms with Crippen LogP contribution in [-0.2, 0) is 4.74 Å². The minimum Gasteiger partial charge on any atom is -0.366 e. The standard InChI is InChI=1S/C22H32O/c1-15-8-6-9-16(2)12-19-13-17(3)18(4)20(19)14-21-22(5,23-21)11-7-10-15/h10,12,19,21H,3,6-9,11,13-14H2,1-2,4-5H3/b15-10+,16-12+/t19-,21-,22-/m1/s1. The molecule has 2 aliphatic carbocycles. The summed E-state index contributed by atoms with van der Waals surface area (Å²) in [5, 5.41) is 0. The van der Waals surface area contributed by atoms with E-state index in [1.54, 1.807) is 16.7 Å². The van der Waals surface area contributed by atoms with Gasteiger partial charge in [0.25, 0.3) is 0 Å². The predicted octanol–water partition coefficient (Wildman–Crippen LogP) is 6.28. The van der Waals surface area contributed by atoms with Crippen molar-refractivity contribution in [3.63, 3.8) is 0 Å². The second kappa shape index (κ2) is 6.43. The van der Waals surface area contributed by atoms with Crippen LogP contribution in [0, 0.1) is 5.92 Å². The summed E-state index contributed by atoms with van der Waals surface area (Å²) < 4.78 is 6.12. The summed E-state index contributed by atoms with van der Waals surface area (Å²) >= 11 is 0. The van der Waals surface area contributed by atoms with Gasteiger partial charge >= 0.3 is 0 Å². The molecule has 0 aromatic carbocycles. The van der Waals surface area contributed by atoms with Gasteiger partial charge in [-0.1, -0.05) is 41.0 Å². The molecule has 1 fully saturated rings. The largest absolute Gasteiger partial charge is 0.366 e. The molecule has 1 saturated heterocycles. The Morgan fingerprint density at radius 2 is 1.87 bits per heavy atom. The lowest BCUT2D eigenvalue weighted by atomic mass is 9.89. The molecule has 126 valence electrons. The lowest BCUT2D eigenvalue weighted by molar-refractivity contribution is 0.296. The van der Waals surface area contributed by atoms with Gasteiger partial charge in [-0.3, -0.25) is 0 Å². The fourth-order valence-corrected chi connectivity index (χ4v) is 4.26. The molecule has 3 atom stereocenters. The Morgan fingerprint density at radius 1 is 1.13 bits per heavy atom. The second-order valence-electron chi connectivity index (χ2n) is 8.14. The summed E-state index contributed by atoms with van der Waals surface area (Å²) in [5.74, 6) is 0.565. The number of fused-ring (bicyclic) bond motifs is 2. The van der Waals surface area contributed by atoms with Gasteiger partial charge in [0.1, 0.15) is 0 Å². The van der Waals surface area contributed by atoms with Crippen molar-refractivity contribution < 1.29 is 4.74 Å². The average molecular weight is 312 g/mol. The molecule has 1 nitrogen and oxygen atoms in total. The van der Waals surface area contributed by atoms with Crippen LogP contribution in [0.3, 0.4) is 0 Å². The van der Waals surface area contributed by atoms with Gasteiger partial charge < -0.3 is 4.74 Å². The zero-order chi connectivity index (χ0) is 16.6. The molecule has 1 heteroatoms. The van der Waals surface area contributed by atoms with Crippen LogP contribution in [0.15, 0.2) is 46.6 Å². The Kier molecular flexibility index (Phi) is 4.69. The SMILES string of the molecule is C=C1C[C@H]2/C=C(\C)CCC/C(C)=C/CC[C@@]3(C)O[C@@H]3CC2=C1C. The molecule has 0 N–H and O–H groups in total. The summed E-state index contributed by atoms with van der Waals surface area (Å²) in [6.45, 7) is 13.4. The summed E-state index contributed by atoms with van der Waals surface area (Å²) in [4.78, 5) is 0. The topological polar surface area (TPSA) is 12.5 Å². The van der Waals surface area contributed by atoms with Crippen molar-refractivity contribution in [3.05, 3.63) is 46.6 Å². The predicted molar refractivity (Wildman–Crippen MR) is 98.4 cm³/mol. The highest BCUT2D eigenvalue weighted by Gasteiger charge is 2.52. The van der Waals surface area contributed by atoms with Gasteiger partial charge in [-0.05, 0) is 78.2 Å². The fraction of sp³-hybridized carbons (Fsp3) is 0.636. The zero-order valence-corrected chi connectivity index (χ0v) is 15.4. The molecule has 3 rings (SSSR count). The van der Waals surface area contributed by atoms with E-state index in [1.165, 1.54) is 30.4 Å². The van der Waals surface area contributed by atoms with Crippen molar-refractivity contribution >= 4 is 0 Å². The van der Waals surface area contributed by atoms with Gasteiger partial charge in [0.15, 0.2) is 0 Å². The number of ether oxygens (including phenoxy) is 1. The highest BCUT2D eigenvalue weighted by Crippen LogP contribution is 2.48. The zero-order valence-electron chi connectivity index (χ0n) is 15.4. The number of allylic oxidation sites excluding steroid dienone is 6. The third kappa shape index (κ3) is 3.71. The molecule has 0 amide bonds. The van der Waals surface area contributed by atoms with Crippen molar-refractivity contribution in [2.24, 2.45) is 5.92 Å². The van der Waals surface area contributed by atoms with E-state index in [4.69, 9.17) is 4.74 Å². The van der Waals surface area contributed by atoms with E-state index in [1.807, 2.05) is 0 Å². The first-order chi connectivity index (χ1) is 10.9. The third-order valence-electron chi connectivity index (χ3n) is 6.13. The van der Waals surface area contributed by atoms with Crippen LogP contribution in [-0.4, -0.2) is 11.7 Å². The number of hydrogen-bond acceptors (Lipinski definition) is 1. The van der Waals surface area contributed by atoms with Crippen molar-refractivity contribution in [1.29, 1.82) is 0 Å². The molecule has 0 spiro atoms. The lowest BCUT2D eigenvalue weighted by Crippen LogP contribution is -2.11. The summed E-state index contributed by atoms with van der Waals surface area (Å²) in [6.07, 6.45) is 13.6. The molecule has 23 heavy (non-hydrogen) atoms. The maximum Gasteiger partial charge on any atom is 0.0926 e. The van der Waals surface area contributed by atoms with Crippen LogP contribution in [0.25, 0.3) is 0 Å². The number of rotatable bonds is 0. The smallest absolute Gasteiger partial charge is 0.0926 e. The maximum absolute atomic E-state index is 6.12. The molecule has 1 heterocycles. The van der Waals surface area contributed by atoms with E-state index < -0.39 is 0 Å². The van der Waals surface area contributed by atoms with Crippen LogP contribution in [0.1, 0.15) is 72.6 Å². The molecule has 0 radical (unpaired) electrons. The van der Waals surface area contributed by atoms with Crippen LogP contribution < -0.4 is 0 Å². The minimum absolute atomic E-state index is 0.0986. The van der Waals surface area contributed by atoms with Crippen molar-refractivity contribution in [3.8, 4) is 0 Å². The van der Waals surface area contributed by atoms with Gasteiger partial charge in [-0.25, -0.2) is 0 Å². The molecule has 0 aromatic heterocycles. The van der Waals surface area contributed by atoms with Gasteiger partial charge in [-0.15, -0.1) is 0 Å². The monoisotopic (exact) mass is 312 g/mol. The van der Waals surface area contributed by atoms with E-state index in [-0.39, 0.29) is 5.60 Å². The molecule has 0 bridgehead atoms. The molecule has 0 unspecified atom stereocenters. The van der Waals surface area contributed by atoms with E-state index in [0.29, 0.717) is 12.0 Å². The van der Waals surface area contributed by atoms with Crippen molar-refractivity contribution in [1.82, 2.24) is 0 Å². The van der Waals surface area contributed by atoms with Crippen molar-refractivity contribution in [2.45, 2.75) is 84.3 Å². The first-order valence-corrected chi connectivity index (χ1v) is 9.27. The van der Waals surface area contributed by atoms with Gasteiger partial charge in [0.05, 0.1) is 11.7 Å². The highest BCUT2D eigenvalue weighted by molar-refractivity contribution is 5.43. The first kappa shape index (κ1) is 16.8. The minimum atomic E-state index is 0.0986.